The van der Waals surface area contributed by atoms with Gasteiger partial charge in [-0.05, 0) is 37.6 Å². The van der Waals surface area contributed by atoms with E-state index in [2.05, 4.69) is 25.8 Å². The summed E-state index contributed by atoms with van der Waals surface area (Å²) in [6.07, 6.45) is 3.12. The van der Waals surface area contributed by atoms with Crippen LogP contribution in [-0.2, 0) is 0 Å². The van der Waals surface area contributed by atoms with Crippen LogP contribution in [-0.4, -0.2) is 44.3 Å². The lowest BCUT2D eigenvalue weighted by Gasteiger charge is -2.22. The Balaban J connectivity index is 1.43. The van der Waals surface area contributed by atoms with Crippen LogP contribution in [0.15, 0.2) is 47.2 Å². The molecule has 9 nitrogen and oxygen atoms in total. The summed E-state index contributed by atoms with van der Waals surface area (Å²) >= 11 is 0. The van der Waals surface area contributed by atoms with E-state index in [9.17, 15) is 9.59 Å². The quantitative estimate of drug-likeness (QED) is 0.481. The van der Waals surface area contributed by atoms with Gasteiger partial charge in [-0.2, -0.15) is 4.98 Å². The van der Waals surface area contributed by atoms with Crippen molar-refractivity contribution in [2.45, 2.75) is 19.8 Å². The van der Waals surface area contributed by atoms with Crippen LogP contribution >= 0.6 is 0 Å². The molecule has 0 aliphatic carbocycles. The third-order valence-corrected chi connectivity index (χ3v) is 5.46. The Hall–Kier alpha value is -3.85. The van der Waals surface area contributed by atoms with Crippen LogP contribution in [0, 0.1) is 6.92 Å². The minimum atomic E-state index is -0.331. The lowest BCUT2D eigenvalue weighted by atomic mass is 10.0. The monoisotopic (exact) mass is 416 g/mol. The van der Waals surface area contributed by atoms with Crippen molar-refractivity contribution in [1.82, 2.24) is 24.8 Å². The Labute approximate surface area is 177 Å². The Morgan fingerprint density at radius 3 is 2.81 bits per heavy atom. The minimum Gasteiger partial charge on any atom is -0.339 e. The highest BCUT2D eigenvalue weighted by molar-refractivity contribution is 6.04. The van der Waals surface area contributed by atoms with E-state index in [1.54, 1.807) is 22.7 Å². The van der Waals surface area contributed by atoms with Gasteiger partial charge in [0.25, 0.3) is 5.91 Å². The van der Waals surface area contributed by atoms with Crippen LogP contribution in [0.4, 0.5) is 5.69 Å². The second-order valence-corrected chi connectivity index (χ2v) is 7.64. The number of pyridine rings is 1. The number of amides is 1. The zero-order valence-electron chi connectivity index (χ0n) is 17.0. The normalized spacial score (nSPS) is 13.9. The van der Waals surface area contributed by atoms with Gasteiger partial charge in [0.15, 0.2) is 5.78 Å². The van der Waals surface area contributed by atoms with Gasteiger partial charge in [0.2, 0.25) is 11.7 Å². The number of carbonyl (C=O) groups is 2. The summed E-state index contributed by atoms with van der Waals surface area (Å²) in [5.41, 5.74) is 3.71. The number of nitrogens with zero attached hydrogens (tertiary/aromatic N) is 4. The summed E-state index contributed by atoms with van der Waals surface area (Å²) in [6.45, 7) is 5.06. The number of aromatic nitrogens is 4. The number of fused-ring (bicyclic) bond motifs is 1. The van der Waals surface area contributed by atoms with Gasteiger partial charge in [0.05, 0.1) is 12.1 Å². The molecule has 4 aromatic rings. The lowest BCUT2D eigenvalue weighted by Crippen LogP contribution is -2.40. The van der Waals surface area contributed by atoms with Crippen molar-refractivity contribution in [2.75, 3.05) is 18.4 Å². The number of carbonyl (C=O) groups excluding carboxylic acids is 2. The van der Waals surface area contributed by atoms with E-state index in [-0.39, 0.29) is 17.6 Å². The molecule has 9 heteroatoms. The van der Waals surface area contributed by atoms with Crippen molar-refractivity contribution >= 4 is 23.0 Å². The van der Waals surface area contributed by atoms with Gasteiger partial charge in [-0.25, -0.2) is 4.98 Å². The highest BCUT2D eigenvalue weighted by Crippen LogP contribution is 2.26. The summed E-state index contributed by atoms with van der Waals surface area (Å²) < 4.78 is 7.00. The minimum absolute atomic E-state index is 0.0809. The van der Waals surface area contributed by atoms with Gasteiger partial charge in [0, 0.05) is 36.1 Å². The molecule has 0 unspecified atom stereocenters. The number of imidazole rings is 1. The number of nitrogens with one attached hydrogen (secondary N) is 2. The first kappa shape index (κ1) is 19.1. The Bertz CT molecular complexity index is 1320. The molecule has 1 aliphatic heterocycles. The molecule has 0 saturated carbocycles. The number of benzene rings is 1. The van der Waals surface area contributed by atoms with Gasteiger partial charge in [0.1, 0.15) is 11.3 Å². The molecule has 156 valence electrons. The molecular weight excluding hydrogens is 396 g/mol. The first-order chi connectivity index (χ1) is 15.0. The van der Waals surface area contributed by atoms with Crippen LogP contribution < -0.4 is 10.6 Å². The van der Waals surface area contributed by atoms with Gasteiger partial charge < -0.3 is 15.2 Å². The predicted octanol–water partition coefficient (Wildman–Crippen LogP) is 2.83. The average molecular weight is 416 g/mol. The molecule has 31 heavy (non-hydrogen) atoms. The fourth-order valence-electron chi connectivity index (χ4n) is 3.42. The first-order valence-corrected chi connectivity index (χ1v) is 9.94. The van der Waals surface area contributed by atoms with E-state index < -0.39 is 0 Å². The number of hydrogen-bond donors (Lipinski definition) is 2. The maximum atomic E-state index is 13.0. The van der Waals surface area contributed by atoms with Crippen molar-refractivity contribution in [3.63, 3.8) is 0 Å². The van der Waals surface area contributed by atoms with E-state index in [1.807, 2.05) is 25.1 Å². The van der Waals surface area contributed by atoms with Crippen LogP contribution in [0.25, 0.3) is 17.0 Å². The highest BCUT2D eigenvalue weighted by Gasteiger charge is 2.25. The Kier molecular flexibility index (Phi) is 4.59. The molecule has 2 N–H and O–H groups in total. The molecule has 1 saturated heterocycles. The van der Waals surface area contributed by atoms with Crippen molar-refractivity contribution in [3.8, 4) is 11.4 Å². The molecule has 3 aromatic heterocycles. The molecule has 0 spiro atoms. The average Bonchev–Trinajstić information content (AvgIpc) is 3.35. The number of hydrogen-bond acceptors (Lipinski definition) is 7. The molecule has 1 aromatic carbocycles. The summed E-state index contributed by atoms with van der Waals surface area (Å²) in [6, 6.07) is 9.02. The summed E-state index contributed by atoms with van der Waals surface area (Å²) in [5, 5.41) is 10.2. The number of ketones is 1. The number of rotatable bonds is 5. The number of Topliss-reactive ketones (excluding diaryl/α,β-unsaturated/α-hetero) is 1. The molecule has 0 radical (unpaired) electrons. The van der Waals surface area contributed by atoms with Crippen LogP contribution in [0.3, 0.4) is 0 Å². The zero-order valence-corrected chi connectivity index (χ0v) is 17.0. The van der Waals surface area contributed by atoms with Gasteiger partial charge >= 0.3 is 0 Å². The van der Waals surface area contributed by atoms with E-state index >= 15 is 0 Å². The first-order valence-electron chi connectivity index (χ1n) is 9.94. The second-order valence-electron chi connectivity index (χ2n) is 7.64. The summed E-state index contributed by atoms with van der Waals surface area (Å²) in [4.78, 5) is 33.5. The van der Waals surface area contributed by atoms with E-state index in [1.165, 1.54) is 13.1 Å². The number of anilines is 1. The fraction of sp³-hybridized carbons (Fsp3) is 0.227. The van der Waals surface area contributed by atoms with E-state index in [0.29, 0.717) is 34.3 Å². The Morgan fingerprint density at radius 2 is 2.06 bits per heavy atom. The molecular formula is C22H20N6O3. The molecule has 1 aliphatic rings. The summed E-state index contributed by atoms with van der Waals surface area (Å²) in [7, 11) is 0. The maximum Gasteiger partial charge on any atom is 0.274 e. The number of aryl methyl sites for hydroxylation is 1. The van der Waals surface area contributed by atoms with Gasteiger partial charge in [-0.1, -0.05) is 17.3 Å². The van der Waals surface area contributed by atoms with Crippen LogP contribution in [0.5, 0.6) is 0 Å². The predicted molar refractivity (Wildman–Crippen MR) is 113 cm³/mol. The molecule has 4 heterocycles. The Morgan fingerprint density at radius 1 is 1.23 bits per heavy atom. The fourth-order valence-corrected chi connectivity index (χ4v) is 3.42. The third-order valence-electron chi connectivity index (χ3n) is 5.46. The SMILES string of the molecule is CC(=O)c1ccc2ncc(C(=O)Nc3cc(-c4noc(C5CNC5)n4)ccc3C)n2c1. The third kappa shape index (κ3) is 3.49. The molecule has 1 amide bonds. The molecule has 0 atom stereocenters. The van der Waals surface area contributed by atoms with Gasteiger partial charge in [-0.3, -0.25) is 14.0 Å². The second kappa shape index (κ2) is 7.44. The van der Waals surface area contributed by atoms with Crippen molar-refractivity contribution in [1.29, 1.82) is 0 Å². The largest absolute Gasteiger partial charge is 0.339 e. The smallest absolute Gasteiger partial charge is 0.274 e. The van der Waals surface area contributed by atoms with Crippen LogP contribution in [0.2, 0.25) is 0 Å². The maximum absolute atomic E-state index is 13.0. The van der Waals surface area contributed by atoms with E-state index in [0.717, 1.165) is 24.2 Å². The zero-order chi connectivity index (χ0) is 21.5. The van der Waals surface area contributed by atoms with Crippen molar-refractivity contribution < 1.29 is 14.1 Å². The van der Waals surface area contributed by atoms with Crippen molar-refractivity contribution in [2.24, 2.45) is 0 Å². The van der Waals surface area contributed by atoms with Crippen molar-refractivity contribution in [3.05, 3.63) is 65.4 Å². The standard InChI is InChI=1S/C22H20N6O3/c1-12-3-4-14(20-26-22(31-27-20)16-8-23-9-16)7-17(12)25-21(30)18-10-24-19-6-5-15(13(2)29)11-28(18)19/h3-7,10-11,16,23H,8-9H2,1-2H3,(H,25,30). The molecule has 0 bridgehead atoms. The highest BCUT2D eigenvalue weighted by atomic mass is 16.5. The summed E-state index contributed by atoms with van der Waals surface area (Å²) in [5.74, 6) is 0.941. The lowest BCUT2D eigenvalue weighted by molar-refractivity contribution is 0.100. The topological polar surface area (TPSA) is 114 Å². The molecule has 5 rings (SSSR count). The van der Waals surface area contributed by atoms with E-state index in [4.69, 9.17) is 4.52 Å². The molecule has 1 fully saturated rings. The van der Waals surface area contributed by atoms with Gasteiger partial charge in [-0.15, -0.1) is 0 Å². The van der Waals surface area contributed by atoms with Crippen LogP contribution in [0.1, 0.15) is 45.1 Å².